The van der Waals surface area contributed by atoms with Crippen molar-refractivity contribution in [2.75, 3.05) is 6.54 Å². The summed E-state index contributed by atoms with van der Waals surface area (Å²) >= 11 is 4.03. The minimum Gasteiger partial charge on any atom is -0.351 e. The quantitative estimate of drug-likeness (QED) is 0.570. The Morgan fingerprint density at radius 1 is 1.56 bits per heavy atom. The van der Waals surface area contributed by atoms with Gasteiger partial charge in [0.15, 0.2) is 0 Å². The number of carbonyl (C=O) groups excluding carboxylic acids is 1. The highest BCUT2D eigenvalue weighted by molar-refractivity contribution is 7.80. The maximum atomic E-state index is 12.5. The third kappa shape index (κ3) is 5.88. The van der Waals surface area contributed by atoms with Crippen molar-refractivity contribution in [2.24, 2.45) is 11.5 Å². The van der Waals surface area contributed by atoms with Gasteiger partial charge in [0.2, 0.25) is 0 Å². The lowest BCUT2D eigenvalue weighted by atomic mass is 10.2. The summed E-state index contributed by atoms with van der Waals surface area (Å²) in [7, 11) is 0. The molecule has 1 unspecified atom stereocenters. The first-order chi connectivity index (χ1) is 8.29. The molecule has 6 heteroatoms. The molecule has 1 aromatic carbocycles. The Morgan fingerprint density at radius 2 is 2.11 bits per heavy atom. The number of amides is 2. The number of nitrogens with zero attached hydrogens (tertiary/aromatic N) is 1. The fraction of sp³-hybridized carbons (Fsp3) is 0.417. The number of aryl methyl sites for hydroxylation is 1. The van der Waals surface area contributed by atoms with Crippen LogP contribution in [0.1, 0.15) is 19.4 Å². The highest BCUT2D eigenvalue weighted by atomic mass is 32.1. The third-order valence-electron chi connectivity index (χ3n) is 2.26. The van der Waals surface area contributed by atoms with E-state index in [1.807, 2.05) is 6.92 Å². The van der Waals surface area contributed by atoms with Gasteiger partial charge in [0.05, 0.1) is 6.17 Å². The van der Waals surface area contributed by atoms with Crippen LogP contribution in [0.5, 0.6) is 0 Å². The Morgan fingerprint density at radius 3 is 2.33 bits per heavy atom. The van der Waals surface area contributed by atoms with Crippen LogP contribution >= 0.6 is 12.6 Å². The molecular formula is C12H20FN3OS. The van der Waals surface area contributed by atoms with Gasteiger partial charge in [-0.25, -0.2) is 9.18 Å². The van der Waals surface area contributed by atoms with Gasteiger partial charge in [-0.2, -0.15) is 0 Å². The third-order valence-corrected chi connectivity index (χ3v) is 2.54. The molecular weight excluding hydrogens is 253 g/mol. The van der Waals surface area contributed by atoms with Gasteiger partial charge >= 0.3 is 6.03 Å². The van der Waals surface area contributed by atoms with Gasteiger partial charge in [-0.3, -0.25) is 0 Å². The first-order valence-electron chi connectivity index (χ1n) is 5.56. The molecule has 0 heterocycles. The normalized spacial score (nSPS) is 11.2. The highest BCUT2D eigenvalue weighted by Gasteiger charge is 2.09. The van der Waals surface area contributed by atoms with Gasteiger partial charge < -0.3 is 16.4 Å². The number of halogens is 1. The van der Waals surface area contributed by atoms with Crippen molar-refractivity contribution >= 4 is 18.7 Å². The Hall–Kier alpha value is -1.27. The van der Waals surface area contributed by atoms with Crippen LogP contribution in [-0.2, 0) is 0 Å². The SMILES string of the molecule is CCN(C(N)=O)C(C)N.Cc1cc(S)ccc1F. The van der Waals surface area contributed by atoms with Gasteiger partial charge in [-0.05, 0) is 44.5 Å². The molecule has 0 aliphatic rings. The van der Waals surface area contributed by atoms with E-state index in [0.717, 1.165) is 4.90 Å². The van der Waals surface area contributed by atoms with E-state index in [-0.39, 0.29) is 12.0 Å². The number of primary amides is 1. The van der Waals surface area contributed by atoms with E-state index in [1.54, 1.807) is 26.0 Å². The topological polar surface area (TPSA) is 72.3 Å². The van der Waals surface area contributed by atoms with E-state index in [9.17, 15) is 9.18 Å². The van der Waals surface area contributed by atoms with Crippen LogP contribution in [-0.4, -0.2) is 23.6 Å². The zero-order chi connectivity index (χ0) is 14.3. The number of thiol groups is 1. The van der Waals surface area contributed by atoms with Crippen molar-refractivity contribution in [1.29, 1.82) is 0 Å². The van der Waals surface area contributed by atoms with Gasteiger partial charge in [0, 0.05) is 11.4 Å². The smallest absolute Gasteiger partial charge is 0.316 e. The first kappa shape index (κ1) is 16.7. The molecule has 1 aromatic rings. The number of carbonyl (C=O) groups is 1. The van der Waals surface area contributed by atoms with Crippen LogP contribution in [0.2, 0.25) is 0 Å². The summed E-state index contributed by atoms with van der Waals surface area (Å²) in [6.45, 7) is 5.82. The van der Waals surface area contributed by atoms with Crippen LogP contribution in [0, 0.1) is 12.7 Å². The molecule has 4 nitrogen and oxygen atoms in total. The second kappa shape index (κ2) is 7.94. The highest BCUT2D eigenvalue weighted by Crippen LogP contribution is 2.11. The van der Waals surface area contributed by atoms with E-state index < -0.39 is 6.03 Å². The molecule has 0 saturated heterocycles. The second-order valence-electron chi connectivity index (χ2n) is 3.80. The number of benzene rings is 1. The van der Waals surface area contributed by atoms with Crippen LogP contribution in [0.25, 0.3) is 0 Å². The van der Waals surface area contributed by atoms with Gasteiger partial charge in [0.25, 0.3) is 0 Å². The fourth-order valence-corrected chi connectivity index (χ4v) is 1.54. The van der Waals surface area contributed by atoms with Crippen molar-refractivity contribution in [3.63, 3.8) is 0 Å². The fourth-order valence-electron chi connectivity index (χ4n) is 1.27. The summed E-state index contributed by atoms with van der Waals surface area (Å²) in [6, 6.07) is 4.27. The van der Waals surface area contributed by atoms with E-state index in [0.29, 0.717) is 12.1 Å². The summed E-state index contributed by atoms with van der Waals surface area (Å²) in [5, 5.41) is 0. The van der Waals surface area contributed by atoms with Crippen molar-refractivity contribution in [3.8, 4) is 0 Å². The molecule has 1 atom stereocenters. The maximum Gasteiger partial charge on any atom is 0.316 e. The average molecular weight is 273 g/mol. The molecule has 4 N–H and O–H groups in total. The van der Waals surface area contributed by atoms with E-state index in [1.165, 1.54) is 11.0 Å². The zero-order valence-electron chi connectivity index (χ0n) is 10.9. The molecule has 0 saturated carbocycles. The standard InChI is InChI=1S/C7H7FS.C5H13N3O/c1-5-4-6(9)2-3-7(5)8;1-3-8(4(2)6)5(7)9/h2-4,9H,1H3;4H,3,6H2,1-2H3,(H2,7,9). The van der Waals surface area contributed by atoms with Crippen LogP contribution in [0.4, 0.5) is 9.18 Å². The second-order valence-corrected chi connectivity index (χ2v) is 4.31. The molecule has 0 spiro atoms. The van der Waals surface area contributed by atoms with E-state index >= 15 is 0 Å². The lowest BCUT2D eigenvalue weighted by Gasteiger charge is -2.21. The molecule has 102 valence electrons. The molecule has 0 aromatic heterocycles. The Bertz CT molecular complexity index is 399. The zero-order valence-corrected chi connectivity index (χ0v) is 11.7. The van der Waals surface area contributed by atoms with Crippen LogP contribution in [0.15, 0.2) is 23.1 Å². The lowest BCUT2D eigenvalue weighted by molar-refractivity contribution is 0.194. The minimum atomic E-state index is -0.465. The van der Waals surface area contributed by atoms with Crippen LogP contribution in [0.3, 0.4) is 0 Å². The van der Waals surface area contributed by atoms with Gasteiger partial charge in [-0.15, -0.1) is 12.6 Å². The van der Waals surface area contributed by atoms with E-state index in [4.69, 9.17) is 11.5 Å². The molecule has 0 fully saturated rings. The summed E-state index contributed by atoms with van der Waals surface area (Å²) in [5.41, 5.74) is 11.0. The number of nitrogens with two attached hydrogens (primary N) is 2. The van der Waals surface area contributed by atoms with Gasteiger partial charge in [-0.1, -0.05) is 0 Å². The maximum absolute atomic E-state index is 12.5. The van der Waals surface area contributed by atoms with Crippen molar-refractivity contribution < 1.29 is 9.18 Å². The molecule has 0 aliphatic heterocycles. The summed E-state index contributed by atoms with van der Waals surface area (Å²) < 4.78 is 12.5. The number of hydrogen-bond acceptors (Lipinski definition) is 3. The van der Waals surface area contributed by atoms with E-state index in [2.05, 4.69) is 12.6 Å². The Balaban J connectivity index is 0.000000321. The molecule has 18 heavy (non-hydrogen) atoms. The monoisotopic (exact) mass is 273 g/mol. The van der Waals surface area contributed by atoms with Crippen molar-refractivity contribution in [2.45, 2.75) is 31.8 Å². The predicted molar refractivity (Wildman–Crippen MR) is 74.0 cm³/mol. The van der Waals surface area contributed by atoms with Crippen molar-refractivity contribution in [1.82, 2.24) is 4.90 Å². The first-order valence-corrected chi connectivity index (χ1v) is 6.01. The largest absolute Gasteiger partial charge is 0.351 e. The predicted octanol–water partition coefficient (Wildman–Crippen LogP) is 2.11. The average Bonchev–Trinajstić information content (AvgIpc) is 2.24. The molecule has 0 aliphatic carbocycles. The molecule has 0 radical (unpaired) electrons. The molecule has 1 rings (SSSR count). The van der Waals surface area contributed by atoms with Gasteiger partial charge in [0.1, 0.15) is 5.82 Å². The summed E-state index contributed by atoms with van der Waals surface area (Å²) in [5.74, 6) is -0.173. The summed E-state index contributed by atoms with van der Waals surface area (Å²) in [4.78, 5) is 12.6. The van der Waals surface area contributed by atoms with Crippen LogP contribution < -0.4 is 11.5 Å². The Labute approximate surface area is 113 Å². The molecule has 0 bridgehead atoms. The lowest BCUT2D eigenvalue weighted by Crippen LogP contribution is -2.46. The number of hydrogen-bond donors (Lipinski definition) is 3. The molecule has 2 amide bonds. The van der Waals surface area contributed by atoms with Crippen molar-refractivity contribution in [3.05, 3.63) is 29.6 Å². The Kier molecular flexibility index (Phi) is 7.38. The minimum absolute atomic E-state index is 0.173. The number of urea groups is 1. The summed E-state index contributed by atoms with van der Waals surface area (Å²) in [6.07, 6.45) is -0.285. The number of rotatable bonds is 2.